The van der Waals surface area contributed by atoms with Crippen LogP contribution >= 0.6 is 0 Å². The van der Waals surface area contributed by atoms with Crippen LogP contribution in [0.2, 0.25) is 0 Å². The highest BCUT2D eigenvalue weighted by Crippen LogP contribution is 2.28. The molecule has 118 valence electrons. The fourth-order valence-corrected chi connectivity index (χ4v) is 2.56. The summed E-state index contributed by atoms with van der Waals surface area (Å²) in [4.78, 5) is 12.7. The monoisotopic (exact) mass is 300 g/mol. The van der Waals surface area contributed by atoms with Crippen molar-refractivity contribution in [3.8, 4) is 17.0 Å². The van der Waals surface area contributed by atoms with Crippen LogP contribution in [0.15, 0.2) is 41.2 Å². The minimum atomic E-state index is 0.0644. The molecule has 0 aliphatic rings. The second kappa shape index (κ2) is 7.80. The molecule has 4 nitrogen and oxygen atoms in total. The highest BCUT2D eigenvalue weighted by molar-refractivity contribution is 5.67. The summed E-state index contributed by atoms with van der Waals surface area (Å²) in [7, 11) is 1.65. The first kappa shape index (κ1) is 16.3. The van der Waals surface area contributed by atoms with Gasteiger partial charge in [0.2, 0.25) is 0 Å². The Morgan fingerprint density at radius 3 is 2.59 bits per heavy atom. The van der Waals surface area contributed by atoms with Crippen LogP contribution in [0.3, 0.4) is 0 Å². The SMILES string of the molecule is CCCNCc1ccc(-c2ccccc2OC)n(CC)c1=O. The molecule has 0 radical (unpaired) electrons. The summed E-state index contributed by atoms with van der Waals surface area (Å²) in [5, 5.41) is 3.29. The number of rotatable bonds is 7. The lowest BCUT2D eigenvalue weighted by molar-refractivity contribution is 0.416. The zero-order valence-corrected chi connectivity index (χ0v) is 13.6. The number of para-hydroxylation sites is 1. The van der Waals surface area contributed by atoms with Crippen LogP contribution in [0.5, 0.6) is 5.75 Å². The molecule has 0 amide bonds. The normalized spacial score (nSPS) is 10.7. The van der Waals surface area contributed by atoms with Crippen LogP contribution in [0.4, 0.5) is 0 Å². The van der Waals surface area contributed by atoms with Crippen molar-refractivity contribution >= 4 is 0 Å². The Morgan fingerprint density at radius 2 is 1.91 bits per heavy atom. The highest BCUT2D eigenvalue weighted by atomic mass is 16.5. The van der Waals surface area contributed by atoms with Crippen LogP contribution in [-0.2, 0) is 13.1 Å². The number of hydrogen-bond acceptors (Lipinski definition) is 3. The number of aromatic nitrogens is 1. The Kier molecular flexibility index (Phi) is 5.78. The molecular weight excluding hydrogens is 276 g/mol. The Hall–Kier alpha value is -2.07. The van der Waals surface area contributed by atoms with Crippen molar-refractivity contribution in [1.29, 1.82) is 0 Å². The summed E-state index contributed by atoms with van der Waals surface area (Å²) in [6, 6.07) is 11.7. The van der Waals surface area contributed by atoms with E-state index in [0.717, 1.165) is 35.5 Å². The molecule has 1 aromatic heterocycles. The number of nitrogens with zero attached hydrogens (tertiary/aromatic N) is 1. The average molecular weight is 300 g/mol. The molecule has 1 N–H and O–H groups in total. The molecule has 4 heteroatoms. The Labute approximate surface area is 131 Å². The molecule has 0 saturated heterocycles. The fraction of sp³-hybridized carbons (Fsp3) is 0.389. The van der Waals surface area contributed by atoms with Crippen molar-refractivity contribution in [2.24, 2.45) is 0 Å². The van der Waals surface area contributed by atoms with Gasteiger partial charge in [-0.25, -0.2) is 0 Å². The number of methoxy groups -OCH3 is 1. The third kappa shape index (κ3) is 3.39. The summed E-state index contributed by atoms with van der Waals surface area (Å²) < 4.78 is 7.23. The van der Waals surface area contributed by atoms with Gasteiger partial charge in [-0.15, -0.1) is 0 Å². The maximum absolute atomic E-state index is 12.7. The molecule has 2 rings (SSSR count). The van der Waals surface area contributed by atoms with Gasteiger partial charge in [0.1, 0.15) is 5.75 Å². The predicted molar refractivity (Wildman–Crippen MR) is 90.4 cm³/mol. The lowest BCUT2D eigenvalue weighted by Gasteiger charge is -2.15. The quantitative estimate of drug-likeness (QED) is 0.799. The van der Waals surface area contributed by atoms with Crippen molar-refractivity contribution in [1.82, 2.24) is 9.88 Å². The molecular formula is C18H24N2O2. The van der Waals surface area contributed by atoms with Gasteiger partial charge in [0.15, 0.2) is 0 Å². The van der Waals surface area contributed by atoms with E-state index in [-0.39, 0.29) is 5.56 Å². The number of nitrogens with one attached hydrogen (secondary N) is 1. The minimum Gasteiger partial charge on any atom is -0.496 e. The zero-order chi connectivity index (χ0) is 15.9. The summed E-state index contributed by atoms with van der Waals surface area (Å²) in [6.45, 7) is 6.26. The van der Waals surface area contributed by atoms with Crippen molar-refractivity contribution in [2.75, 3.05) is 13.7 Å². The molecule has 0 aliphatic heterocycles. The van der Waals surface area contributed by atoms with Gasteiger partial charge in [0.05, 0.1) is 12.8 Å². The van der Waals surface area contributed by atoms with Gasteiger partial charge in [-0.3, -0.25) is 4.79 Å². The van der Waals surface area contributed by atoms with Gasteiger partial charge < -0.3 is 14.6 Å². The molecule has 1 heterocycles. The van der Waals surface area contributed by atoms with E-state index in [9.17, 15) is 4.79 Å². The number of benzene rings is 1. The van der Waals surface area contributed by atoms with E-state index < -0.39 is 0 Å². The molecule has 2 aromatic rings. The van der Waals surface area contributed by atoms with Gasteiger partial charge in [0.25, 0.3) is 5.56 Å². The lowest BCUT2D eigenvalue weighted by atomic mass is 10.1. The van der Waals surface area contributed by atoms with Crippen LogP contribution in [0.25, 0.3) is 11.3 Å². The van der Waals surface area contributed by atoms with E-state index in [1.54, 1.807) is 11.7 Å². The topological polar surface area (TPSA) is 43.3 Å². The smallest absolute Gasteiger partial charge is 0.255 e. The molecule has 0 saturated carbocycles. The molecule has 0 fully saturated rings. The van der Waals surface area contributed by atoms with Crippen molar-refractivity contribution in [3.63, 3.8) is 0 Å². The molecule has 0 bridgehead atoms. The van der Waals surface area contributed by atoms with Gasteiger partial charge in [0, 0.05) is 24.2 Å². The van der Waals surface area contributed by atoms with E-state index in [2.05, 4.69) is 12.2 Å². The van der Waals surface area contributed by atoms with Gasteiger partial charge >= 0.3 is 0 Å². The molecule has 0 aliphatic carbocycles. The van der Waals surface area contributed by atoms with Gasteiger partial charge in [-0.1, -0.05) is 25.1 Å². The summed E-state index contributed by atoms with van der Waals surface area (Å²) in [5.41, 5.74) is 2.70. The largest absolute Gasteiger partial charge is 0.496 e. The maximum atomic E-state index is 12.7. The van der Waals surface area contributed by atoms with E-state index in [4.69, 9.17) is 4.74 Å². The number of hydrogen-bond donors (Lipinski definition) is 1. The number of ether oxygens (including phenoxy) is 1. The van der Waals surface area contributed by atoms with Crippen LogP contribution in [0.1, 0.15) is 25.8 Å². The third-order valence-corrected chi connectivity index (χ3v) is 3.69. The van der Waals surface area contributed by atoms with Crippen LogP contribution in [-0.4, -0.2) is 18.2 Å². The summed E-state index contributed by atoms with van der Waals surface area (Å²) in [6.07, 6.45) is 1.06. The zero-order valence-electron chi connectivity index (χ0n) is 13.6. The van der Waals surface area contributed by atoms with E-state index in [1.165, 1.54) is 0 Å². The summed E-state index contributed by atoms with van der Waals surface area (Å²) in [5.74, 6) is 0.779. The van der Waals surface area contributed by atoms with Crippen molar-refractivity contribution in [3.05, 3.63) is 52.3 Å². The third-order valence-electron chi connectivity index (χ3n) is 3.69. The molecule has 1 aromatic carbocycles. The van der Waals surface area contributed by atoms with Crippen molar-refractivity contribution in [2.45, 2.75) is 33.4 Å². The van der Waals surface area contributed by atoms with Crippen LogP contribution < -0.4 is 15.6 Å². The number of pyridine rings is 1. The standard InChI is InChI=1S/C18H24N2O2/c1-4-12-19-13-14-10-11-16(20(5-2)18(14)21)15-8-6-7-9-17(15)22-3/h6-11,19H,4-5,12-13H2,1-3H3. The first-order chi connectivity index (χ1) is 10.7. The van der Waals surface area contributed by atoms with Crippen molar-refractivity contribution < 1.29 is 4.74 Å². The summed E-state index contributed by atoms with van der Waals surface area (Å²) >= 11 is 0. The van der Waals surface area contributed by atoms with Gasteiger partial charge in [-0.05, 0) is 38.1 Å². The molecule has 0 spiro atoms. The molecule has 22 heavy (non-hydrogen) atoms. The second-order valence-electron chi connectivity index (χ2n) is 5.17. The highest BCUT2D eigenvalue weighted by Gasteiger charge is 2.12. The van der Waals surface area contributed by atoms with E-state index >= 15 is 0 Å². The predicted octanol–water partition coefficient (Wildman–Crippen LogP) is 3.04. The van der Waals surface area contributed by atoms with E-state index in [1.807, 2.05) is 43.3 Å². The molecule has 0 unspecified atom stereocenters. The fourth-order valence-electron chi connectivity index (χ4n) is 2.56. The maximum Gasteiger partial charge on any atom is 0.255 e. The Balaban J connectivity index is 2.45. The van der Waals surface area contributed by atoms with Gasteiger partial charge in [-0.2, -0.15) is 0 Å². The molecule has 0 atom stereocenters. The first-order valence-corrected chi connectivity index (χ1v) is 7.79. The second-order valence-corrected chi connectivity index (χ2v) is 5.17. The first-order valence-electron chi connectivity index (χ1n) is 7.79. The average Bonchev–Trinajstić information content (AvgIpc) is 2.56. The van der Waals surface area contributed by atoms with E-state index in [0.29, 0.717) is 13.1 Å². The lowest BCUT2D eigenvalue weighted by Crippen LogP contribution is -2.28. The Morgan fingerprint density at radius 1 is 1.14 bits per heavy atom. The van der Waals surface area contributed by atoms with Crippen LogP contribution in [0, 0.1) is 0 Å². The Bertz CT molecular complexity index is 677. The minimum absolute atomic E-state index is 0.0644.